The molecule has 0 saturated carbocycles. The molecule has 0 spiro atoms. The molecule has 0 fully saturated rings. The van der Waals surface area contributed by atoms with E-state index in [2.05, 4.69) is 4.74 Å². The summed E-state index contributed by atoms with van der Waals surface area (Å²) in [4.78, 5) is 0. The Bertz CT molecular complexity index is 425. The third-order valence-electron chi connectivity index (χ3n) is 2.65. The molecule has 1 aromatic carbocycles. The van der Waals surface area contributed by atoms with Gasteiger partial charge in [-0.3, -0.25) is 0 Å². The number of nitrogens with two attached hydrogens (primary N) is 1. The highest BCUT2D eigenvalue weighted by atomic mass is 19.4. The minimum Gasteiger partial charge on any atom is -0.367 e. The van der Waals surface area contributed by atoms with Gasteiger partial charge in [0, 0.05) is 0 Å². The molecule has 0 radical (unpaired) electrons. The summed E-state index contributed by atoms with van der Waals surface area (Å²) in [6, 6.07) is 2.96. The van der Waals surface area contributed by atoms with Crippen molar-refractivity contribution in [3.8, 4) is 0 Å². The second kappa shape index (κ2) is 6.01. The smallest absolute Gasteiger partial charge is 0.367 e. The first-order valence-electron chi connectivity index (χ1n) is 5.63. The van der Waals surface area contributed by atoms with Crippen LogP contribution in [0.25, 0.3) is 0 Å². The molecule has 0 aliphatic rings. The highest BCUT2D eigenvalue weighted by molar-refractivity contribution is 5.26. The van der Waals surface area contributed by atoms with Gasteiger partial charge in [-0.25, -0.2) is 0 Å². The molecule has 0 aromatic heterocycles. The minimum absolute atomic E-state index is 0.271. The highest BCUT2D eigenvalue weighted by Crippen LogP contribution is 2.30. The standard InChI is InChI=1S/C12H13F6NO/c1-7(11(13,14)15)20-6-10(19)8-2-4-9(5-3-8)12(16,17)18/h2-5,7,10H,6,19H2,1H3. The maximum Gasteiger partial charge on any atom is 0.416 e. The molecule has 20 heavy (non-hydrogen) atoms. The molecule has 0 aliphatic carbocycles. The zero-order chi connectivity index (χ0) is 15.6. The van der Waals surface area contributed by atoms with Crippen molar-refractivity contribution in [3.05, 3.63) is 35.4 Å². The monoisotopic (exact) mass is 301 g/mol. The van der Waals surface area contributed by atoms with Crippen LogP contribution in [0.1, 0.15) is 24.1 Å². The van der Waals surface area contributed by atoms with Crippen LogP contribution in [-0.2, 0) is 10.9 Å². The van der Waals surface area contributed by atoms with Crippen molar-refractivity contribution in [1.29, 1.82) is 0 Å². The lowest BCUT2D eigenvalue weighted by Crippen LogP contribution is -2.31. The molecule has 0 amide bonds. The van der Waals surface area contributed by atoms with Crippen LogP contribution in [0, 0.1) is 0 Å². The molecule has 2 atom stereocenters. The molecular formula is C12H13F6NO. The van der Waals surface area contributed by atoms with E-state index >= 15 is 0 Å². The van der Waals surface area contributed by atoms with Crippen LogP contribution in [0.4, 0.5) is 26.3 Å². The van der Waals surface area contributed by atoms with E-state index < -0.39 is 36.7 Å². The Morgan fingerprint density at radius 3 is 1.95 bits per heavy atom. The number of rotatable bonds is 4. The lowest BCUT2D eigenvalue weighted by molar-refractivity contribution is -0.215. The van der Waals surface area contributed by atoms with Gasteiger partial charge in [-0.1, -0.05) is 12.1 Å². The van der Waals surface area contributed by atoms with E-state index in [9.17, 15) is 26.3 Å². The van der Waals surface area contributed by atoms with Gasteiger partial charge in [-0.05, 0) is 24.6 Å². The molecule has 2 nitrogen and oxygen atoms in total. The molecule has 0 aliphatic heterocycles. The lowest BCUT2D eigenvalue weighted by Gasteiger charge is -2.19. The fourth-order valence-corrected chi connectivity index (χ4v) is 1.36. The van der Waals surface area contributed by atoms with Crippen molar-refractivity contribution < 1.29 is 31.1 Å². The predicted molar refractivity (Wildman–Crippen MR) is 59.8 cm³/mol. The number of hydrogen-bond acceptors (Lipinski definition) is 2. The Morgan fingerprint density at radius 2 is 1.55 bits per heavy atom. The van der Waals surface area contributed by atoms with Gasteiger partial charge < -0.3 is 10.5 Å². The Hall–Kier alpha value is -1.28. The molecule has 1 aromatic rings. The SMILES string of the molecule is CC(OCC(N)c1ccc(C(F)(F)F)cc1)C(F)(F)F. The van der Waals surface area contributed by atoms with E-state index in [1.807, 2.05) is 0 Å². The van der Waals surface area contributed by atoms with Crippen molar-refractivity contribution >= 4 is 0 Å². The second-order valence-electron chi connectivity index (χ2n) is 4.24. The maximum absolute atomic E-state index is 12.3. The van der Waals surface area contributed by atoms with E-state index in [4.69, 9.17) is 5.73 Å². The van der Waals surface area contributed by atoms with Crippen LogP contribution in [-0.4, -0.2) is 18.9 Å². The first kappa shape index (κ1) is 16.8. The zero-order valence-corrected chi connectivity index (χ0v) is 10.4. The number of ether oxygens (including phenoxy) is 1. The molecule has 0 heterocycles. The summed E-state index contributed by atoms with van der Waals surface area (Å²) in [6.07, 6.45) is -11.0. The number of halogens is 6. The van der Waals surface area contributed by atoms with Gasteiger partial charge in [0.1, 0.15) is 0 Å². The van der Waals surface area contributed by atoms with Gasteiger partial charge in [0.15, 0.2) is 6.10 Å². The molecular weight excluding hydrogens is 288 g/mol. The molecule has 2 unspecified atom stereocenters. The van der Waals surface area contributed by atoms with Gasteiger partial charge in [0.25, 0.3) is 0 Å². The fraction of sp³-hybridized carbons (Fsp3) is 0.500. The van der Waals surface area contributed by atoms with Crippen LogP contribution in [0.15, 0.2) is 24.3 Å². The summed E-state index contributed by atoms with van der Waals surface area (Å²) in [5.41, 5.74) is 4.99. The third kappa shape index (κ3) is 4.68. The summed E-state index contributed by atoms with van der Waals surface area (Å²) in [5.74, 6) is 0. The predicted octanol–water partition coefficient (Wildman–Crippen LogP) is 3.67. The zero-order valence-electron chi connectivity index (χ0n) is 10.4. The van der Waals surface area contributed by atoms with Crippen molar-refractivity contribution in [2.24, 2.45) is 5.73 Å². The van der Waals surface area contributed by atoms with Gasteiger partial charge in [0.05, 0.1) is 18.2 Å². The Labute approximate surface area is 111 Å². The normalized spacial score (nSPS) is 16.0. The quantitative estimate of drug-likeness (QED) is 0.861. The highest BCUT2D eigenvalue weighted by Gasteiger charge is 2.37. The van der Waals surface area contributed by atoms with Gasteiger partial charge in [0.2, 0.25) is 0 Å². The fourth-order valence-electron chi connectivity index (χ4n) is 1.36. The Balaban J connectivity index is 2.63. The molecule has 0 saturated heterocycles. The van der Waals surface area contributed by atoms with Crippen molar-refractivity contribution in [1.82, 2.24) is 0 Å². The third-order valence-corrected chi connectivity index (χ3v) is 2.65. The number of benzene rings is 1. The van der Waals surface area contributed by atoms with Crippen molar-refractivity contribution in [2.75, 3.05) is 6.61 Å². The van der Waals surface area contributed by atoms with Crippen LogP contribution in [0.3, 0.4) is 0 Å². The lowest BCUT2D eigenvalue weighted by atomic mass is 10.1. The molecule has 2 N–H and O–H groups in total. The summed E-state index contributed by atoms with van der Waals surface area (Å²) < 4.78 is 78.1. The first-order valence-corrected chi connectivity index (χ1v) is 5.63. The summed E-state index contributed by atoms with van der Waals surface area (Å²) >= 11 is 0. The van der Waals surface area contributed by atoms with Crippen LogP contribution in [0.2, 0.25) is 0 Å². The van der Waals surface area contributed by atoms with Crippen molar-refractivity contribution in [3.63, 3.8) is 0 Å². The van der Waals surface area contributed by atoms with Crippen LogP contribution >= 0.6 is 0 Å². The Kier molecular flexibility index (Phi) is 5.04. The second-order valence-corrected chi connectivity index (χ2v) is 4.24. The summed E-state index contributed by atoms with van der Waals surface area (Å²) in [5, 5.41) is 0. The minimum atomic E-state index is -4.50. The summed E-state index contributed by atoms with van der Waals surface area (Å²) in [6.45, 7) is 0.394. The van der Waals surface area contributed by atoms with E-state index in [1.165, 1.54) is 0 Å². The van der Waals surface area contributed by atoms with E-state index in [1.54, 1.807) is 0 Å². The van der Waals surface area contributed by atoms with Crippen molar-refractivity contribution in [2.45, 2.75) is 31.4 Å². The molecule has 8 heteroatoms. The largest absolute Gasteiger partial charge is 0.416 e. The molecule has 0 bridgehead atoms. The number of hydrogen-bond donors (Lipinski definition) is 1. The average molecular weight is 301 g/mol. The van der Waals surface area contributed by atoms with Gasteiger partial charge >= 0.3 is 12.4 Å². The number of alkyl halides is 6. The van der Waals surface area contributed by atoms with Gasteiger partial charge in [-0.15, -0.1) is 0 Å². The van der Waals surface area contributed by atoms with E-state index in [0.29, 0.717) is 0 Å². The maximum atomic E-state index is 12.3. The average Bonchev–Trinajstić information content (AvgIpc) is 2.33. The van der Waals surface area contributed by atoms with Gasteiger partial charge in [-0.2, -0.15) is 26.3 Å². The first-order chi connectivity index (χ1) is 9.01. The van der Waals surface area contributed by atoms with E-state index in [-0.39, 0.29) is 5.56 Å². The molecule has 114 valence electrons. The Morgan fingerprint density at radius 1 is 1.05 bits per heavy atom. The van der Waals surface area contributed by atoms with Crippen LogP contribution < -0.4 is 5.73 Å². The molecule has 1 rings (SSSR count). The topological polar surface area (TPSA) is 35.2 Å². The van der Waals surface area contributed by atoms with Crippen LogP contribution in [0.5, 0.6) is 0 Å². The summed E-state index contributed by atoms with van der Waals surface area (Å²) in [7, 11) is 0. The van der Waals surface area contributed by atoms with E-state index in [0.717, 1.165) is 31.2 Å².